The van der Waals surface area contributed by atoms with Crippen molar-refractivity contribution in [2.45, 2.75) is 31.6 Å². The van der Waals surface area contributed by atoms with E-state index in [1.54, 1.807) is 24.3 Å². The van der Waals surface area contributed by atoms with Crippen LogP contribution in [0.15, 0.2) is 119 Å². The largest absolute Gasteiger partial charge is 0.573 e. The minimum atomic E-state index is -4.86. The van der Waals surface area contributed by atoms with Crippen molar-refractivity contribution in [3.05, 3.63) is 152 Å². The number of nitrogens with one attached hydrogen (secondary N) is 2. The second kappa shape index (κ2) is 23.7. The first-order valence-corrected chi connectivity index (χ1v) is 19.7. The monoisotopic (exact) mass is 995 g/mol. The normalized spacial score (nSPS) is 11.6. The van der Waals surface area contributed by atoms with Crippen LogP contribution in [0.25, 0.3) is 0 Å². The molecule has 0 spiro atoms. The van der Waals surface area contributed by atoms with Gasteiger partial charge in [-0.3, -0.25) is 0 Å². The SMILES string of the molecule is FC(F)(F)c1ccc(OCCCOc2c(Cl)cc(OCC=C(Cl)Cl)cc2Cl)nc1.N#Cc1ccc(C/C(=N\NC(=O)Nc2ccc(OC(F)(F)F)cc2)c2ccc(C(F)(F)F)cc2)cc1. The summed E-state index contributed by atoms with van der Waals surface area (Å²) < 4.78 is 133. The van der Waals surface area contributed by atoms with Crippen molar-refractivity contribution in [3.8, 4) is 29.2 Å². The Balaban J connectivity index is 0.000000292. The number of benzene rings is 4. The maximum absolute atomic E-state index is 12.9. The zero-order valence-corrected chi connectivity index (χ0v) is 35.7. The average Bonchev–Trinajstić information content (AvgIpc) is 3.23. The van der Waals surface area contributed by atoms with Crippen molar-refractivity contribution in [1.82, 2.24) is 10.4 Å². The Bertz CT molecular complexity index is 2420. The molecule has 2 amide bonds. The quantitative estimate of drug-likeness (QED) is 0.0463. The highest BCUT2D eigenvalue weighted by Crippen LogP contribution is 2.37. The van der Waals surface area contributed by atoms with E-state index in [1.807, 2.05) is 6.07 Å². The Hall–Kier alpha value is -6.07. The average molecular weight is 998 g/mol. The van der Waals surface area contributed by atoms with Crippen LogP contribution in [0.4, 0.5) is 50.0 Å². The zero-order chi connectivity index (χ0) is 47.8. The molecule has 0 saturated carbocycles. The van der Waals surface area contributed by atoms with Crippen LogP contribution in [0.1, 0.15) is 34.2 Å². The van der Waals surface area contributed by atoms with Gasteiger partial charge in [0.15, 0.2) is 5.75 Å². The number of anilines is 1. The first-order chi connectivity index (χ1) is 30.6. The van der Waals surface area contributed by atoms with Gasteiger partial charge in [-0.1, -0.05) is 70.7 Å². The summed E-state index contributed by atoms with van der Waals surface area (Å²) in [5.74, 6) is 0.300. The van der Waals surface area contributed by atoms with Crippen LogP contribution < -0.4 is 29.7 Å². The third kappa shape index (κ3) is 18.1. The molecule has 10 nitrogen and oxygen atoms in total. The molecule has 0 bridgehead atoms. The van der Waals surface area contributed by atoms with E-state index in [-0.39, 0.29) is 63.8 Å². The van der Waals surface area contributed by atoms with E-state index >= 15 is 0 Å². The van der Waals surface area contributed by atoms with Gasteiger partial charge in [0, 0.05) is 42.9 Å². The third-order valence-corrected chi connectivity index (χ3v) is 8.82. The minimum Gasteiger partial charge on any atom is -0.490 e. The van der Waals surface area contributed by atoms with Crippen molar-refractivity contribution in [1.29, 1.82) is 5.26 Å². The Kier molecular flexibility index (Phi) is 18.8. The number of ether oxygens (including phenoxy) is 4. The number of nitrogens with zero attached hydrogens (tertiary/aromatic N) is 3. The lowest BCUT2D eigenvalue weighted by atomic mass is 10.0. The minimum absolute atomic E-state index is 0.0795. The van der Waals surface area contributed by atoms with Gasteiger partial charge in [-0.2, -0.15) is 36.7 Å². The van der Waals surface area contributed by atoms with Gasteiger partial charge >= 0.3 is 24.7 Å². The number of hydrogen-bond acceptors (Lipinski definition) is 8. The number of hydrazone groups is 1. The fourth-order valence-electron chi connectivity index (χ4n) is 4.97. The van der Waals surface area contributed by atoms with E-state index in [0.717, 1.165) is 36.4 Å². The molecule has 0 unspecified atom stereocenters. The summed E-state index contributed by atoms with van der Waals surface area (Å²) in [5, 5.41) is 15.8. The van der Waals surface area contributed by atoms with Crippen LogP contribution in [0, 0.1) is 11.3 Å². The van der Waals surface area contributed by atoms with Crippen LogP contribution in [-0.4, -0.2) is 42.9 Å². The van der Waals surface area contributed by atoms with Crippen molar-refractivity contribution in [3.63, 3.8) is 0 Å². The molecule has 2 N–H and O–H groups in total. The topological polar surface area (TPSA) is 127 Å². The molecule has 65 heavy (non-hydrogen) atoms. The maximum Gasteiger partial charge on any atom is 0.573 e. The molecule has 5 rings (SSSR count). The van der Waals surface area contributed by atoms with Gasteiger partial charge < -0.3 is 24.3 Å². The van der Waals surface area contributed by atoms with Crippen molar-refractivity contribution in [2.75, 3.05) is 25.1 Å². The van der Waals surface area contributed by atoms with E-state index in [2.05, 4.69) is 25.6 Å². The summed E-state index contributed by atoms with van der Waals surface area (Å²) in [5.41, 5.74) is 2.28. The standard InChI is InChI=1S/C24H16F6N4O2.C18H14Cl4F3NO3/c25-23(26,27)18-7-5-17(6-8-18)21(13-15-1-3-16(14-31)4-2-15)33-34-22(35)32-19-9-11-20(12-10-19)36-24(28,29)30;19-13-8-12(27-7-4-15(21)22)9-14(20)17(13)29-6-1-5-28-16-3-2-11(10-26-16)18(23,24)25/h1-12H,13H2,(H2,32,34,35);2-4,8-10H,1,5-7H2/b33-21+;. The van der Waals surface area contributed by atoms with Crippen LogP contribution >= 0.6 is 46.4 Å². The summed E-state index contributed by atoms with van der Waals surface area (Å²) in [6.07, 6.45) is -11.1. The lowest BCUT2D eigenvalue weighted by Crippen LogP contribution is -2.26. The maximum atomic E-state index is 12.9. The van der Waals surface area contributed by atoms with E-state index in [0.29, 0.717) is 35.1 Å². The first kappa shape index (κ1) is 51.6. The van der Waals surface area contributed by atoms with Gasteiger partial charge in [-0.05, 0) is 71.8 Å². The molecule has 0 saturated heterocycles. The fourth-order valence-corrected chi connectivity index (χ4v) is 5.67. The summed E-state index contributed by atoms with van der Waals surface area (Å²) >= 11 is 23.3. The lowest BCUT2D eigenvalue weighted by molar-refractivity contribution is -0.274. The lowest BCUT2D eigenvalue weighted by Gasteiger charge is -2.12. The summed E-state index contributed by atoms with van der Waals surface area (Å²) in [6, 6.07) is 21.2. The number of alkyl halides is 9. The second-order valence-corrected chi connectivity index (χ2v) is 14.5. The highest BCUT2D eigenvalue weighted by Gasteiger charge is 2.32. The number of halogens is 13. The van der Waals surface area contributed by atoms with E-state index in [1.165, 1.54) is 42.5 Å². The summed E-state index contributed by atoms with van der Waals surface area (Å²) in [7, 11) is 0. The molecule has 0 atom stereocenters. The number of nitriles is 1. The van der Waals surface area contributed by atoms with Crippen molar-refractivity contribution >= 4 is 63.8 Å². The molecule has 0 aliphatic heterocycles. The molecule has 1 heterocycles. The molecule has 23 heteroatoms. The zero-order valence-electron chi connectivity index (χ0n) is 32.7. The second-order valence-electron chi connectivity index (χ2n) is 12.7. The van der Waals surface area contributed by atoms with Gasteiger partial charge in [-0.25, -0.2) is 15.2 Å². The van der Waals surface area contributed by atoms with Gasteiger partial charge in [0.2, 0.25) is 5.88 Å². The van der Waals surface area contributed by atoms with Gasteiger partial charge in [0.05, 0.1) is 51.7 Å². The van der Waals surface area contributed by atoms with Crippen LogP contribution in [0.2, 0.25) is 10.0 Å². The number of pyridine rings is 1. The van der Waals surface area contributed by atoms with Crippen LogP contribution in [-0.2, 0) is 18.8 Å². The molecule has 0 fully saturated rings. The molecule has 0 aliphatic carbocycles. The van der Waals surface area contributed by atoms with Gasteiger partial charge in [0.25, 0.3) is 0 Å². The van der Waals surface area contributed by atoms with E-state index < -0.39 is 41.6 Å². The predicted molar refractivity (Wildman–Crippen MR) is 225 cm³/mol. The molecule has 4 aromatic carbocycles. The first-order valence-electron chi connectivity index (χ1n) is 18.2. The Labute approximate surface area is 384 Å². The number of urea groups is 1. The Morgan fingerprint density at radius 1 is 0.754 bits per heavy atom. The molecule has 344 valence electrons. The van der Waals surface area contributed by atoms with Crippen LogP contribution in [0.5, 0.6) is 23.1 Å². The van der Waals surface area contributed by atoms with Gasteiger partial charge in [-0.15, -0.1) is 13.2 Å². The number of amides is 2. The van der Waals surface area contributed by atoms with Gasteiger partial charge in [0.1, 0.15) is 22.6 Å². The number of carbonyl (C=O) groups excluding carboxylic acids is 1. The highest BCUT2D eigenvalue weighted by atomic mass is 35.5. The van der Waals surface area contributed by atoms with Crippen molar-refractivity contribution in [2.24, 2.45) is 5.10 Å². The van der Waals surface area contributed by atoms with Crippen molar-refractivity contribution < 1.29 is 63.3 Å². The number of rotatable bonds is 15. The number of hydrogen-bond donors (Lipinski definition) is 2. The highest BCUT2D eigenvalue weighted by molar-refractivity contribution is 6.55. The third-order valence-electron chi connectivity index (χ3n) is 7.95. The molecule has 0 radical (unpaired) electrons. The molecular weight excluding hydrogens is 967 g/mol. The predicted octanol–water partition coefficient (Wildman–Crippen LogP) is 13.2. The molecule has 1 aromatic heterocycles. The number of carbonyl (C=O) groups is 1. The Morgan fingerprint density at radius 2 is 1.35 bits per heavy atom. The summed E-state index contributed by atoms with van der Waals surface area (Å²) in [6.45, 7) is 0.537. The molecular formula is C42H30Cl4F9N5O5. The molecule has 5 aromatic rings. The molecule has 0 aliphatic rings. The number of aromatic nitrogens is 1. The van der Waals surface area contributed by atoms with E-state index in [9.17, 15) is 44.3 Å². The van der Waals surface area contributed by atoms with Crippen LogP contribution in [0.3, 0.4) is 0 Å². The fraction of sp³-hybridized carbons (Fsp3) is 0.190. The summed E-state index contributed by atoms with van der Waals surface area (Å²) in [4.78, 5) is 15.9. The van der Waals surface area contributed by atoms with E-state index in [4.69, 9.17) is 65.9 Å². The Morgan fingerprint density at radius 3 is 1.89 bits per heavy atom. The smallest absolute Gasteiger partial charge is 0.490 e.